The van der Waals surface area contributed by atoms with Crippen LogP contribution in [0.15, 0.2) is 5.38 Å². The SMILES string of the molecule is CC1(C)CCC(=O)N(CCCCc2nc(CCl)cs2)CC1. The number of thiazole rings is 1. The maximum Gasteiger partial charge on any atom is 0.222 e. The van der Waals surface area contributed by atoms with Crippen molar-refractivity contribution in [2.45, 2.75) is 58.3 Å². The minimum atomic E-state index is 0.309. The summed E-state index contributed by atoms with van der Waals surface area (Å²) in [6, 6.07) is 0. The van der Waals surface area contributed by atoms with E-state index >= 15 is 0 Å². The topological polar surface area (TPSA) is 33.2 Å². The molecule has 2 heterocycles. The van der Waals surface area contributed by atoms with Gasteiger partial charge < -0.3 is 4.90 Å². The Kier molecular flexibility index (Phi) is 6.06. The zero-order chi connectivity index (χ0) is 15.3. The molecule has 1 aromatic rings. The molecule has 118 valence electrons. The number of carbonyl (C=O) groups excluding carboxylic acids is 1. The van der Waals surface area contributed by atoms with Gasteiger partial charge in [0, 0.05) is 24.9 Å². The summed E-state index contributed by atoms with van der Waals surface area (Å²) in [6.45, 7) is 6.34. The summed E-state index contributed by atoms with van der Waals surface area (Å²) < 4.78 is 0. The maximum atomic E-state index is 12.1. The molecule has 0 unspecified atom stereocenters. The Morgan fingerprint density at radius 3 is 2.90 bits per heavy atom. The van der Waals surface area contributed by atoms with Gasteiger partial charge in [0.2, 0.25) is 5.91 Å². The van der Waals surface area contributed by atoms with Gasteiger partial charge in [-0.05, 0) is 37.5 Å². The molecule has 3 nitrogen and oxygen atoms in total. The molecule has 0 aromatic carbocycles. The Hall–Kier alpha value is -0.610. The molecule has 0 saturated carbocycles. The van der Waals surface area contributed by atoms with Crippen LogP contribution in [0.4, 0.5) is 0 Å². The van der Waals surface area contributed by atoms with Crippen molar-refractivity contribution in [3.63, 3.8) is 0 Å². The molecule has 0 spiro atoms. The number of alkyl halides is 1. The van der Waals surface area contributed by atoms with Crippen LogP contribution in [-0.2, 0) is 17.1 Å². The molecule has 0 aliphatic carbocycles. The number of hydrogen-bond donors (Lipinski definition) is 0. The number of likely N-dealkylation sites (tertiary alicyclic amines) is 1. The zero-order valence-corrected chi connectivity index (χ0v) is 14.6. The van der Waals surface area contributed by atoms with E-state index in [1.165, 1.54) is 0 Å². The first-order valence-electron chi connectivity index (χ1n) is 7.77. The lowest BCUT2D eigenvalue weighted by Gasteiger charge is -2.23. The van der Waals surface area contributed by atoms with Crippen molar-refractivity contribution in [2.75, 3.05) is 13.1 Å². The van der Waals surface area contributed by atoms with Crippen molar-refractivity contribution in [3.8, 4) is 0 Å². The van der Waals surface area contributed by atoms with E-state index in [0.29, 0.717) is 23.6 Å². The number of aryl methyl sites for hydroxylation is 1. The first-order valence-corrected chi connectivity index (χ1v) is 9.19. The van der Waals surface area contributed by atoms with E-state index in [4.69, 9.17) is 11.6 Å². The van der Waals surface area contributed by atoms with Crippen LogP contribution in [0.2, 0.25) is 0 Å². The molecule has 21 heavy (non-hydrogen) atoms. The molecule has 1 saturated heterocycles. The monoisotopic (exact) mass is 328 g/mol. The Balaban J connectivity index is 1.71. The van der Waals surface area contributed by atoms with Gasteiger partial charge in [-0.25, -0.2) is 4.98 Å². The van der Waals surface area contributed by atoms with Gasteiger partial charge in [-0.2, -0.15) is 0 Å². The number of nitrogens with zero attached hydrogens (tertiary/aromatic N) is 2. The third kappa shape index (κ3) is 5.26. The van der Waals surface area contributed by atoms with Crippen molar-refractivity contribution in [2.24, 2.45) is 5.41 Å². The summed E-state index contributed by atoms with van der Waals surface area (Å²) in [5, 5.41) is 3.19. The maximum absolute atomic E-state index is 12.1. The van der Waals surface area contributed by atoms with Gasteiger partial charge in [-0.15, -0.1) is 22.9 Å². The van der Waals surface area contributed by atoms with Crippen LogP contribution in [0, 0.1) is 5.41 Å². The highest BCUT2D eigenvalue weighted by Gasteiger charge is 2.26. The molecule has 1 fully saturated rings. The van der Waals surface area contributed by atoms with Gasteiger partial charge in [0.05, 0.1) is 16.6 Å². The Morgan fingerprint density at radius 2 is 2.19 bits per heavy atom. The molecule has 1 aliphatic heterocycles. The summed E-state index contributed by atoms with van der Waals surface area (Å²) in [5.74, 6) is 0.827. The molecule has 0 bridgehead atoms. The van der Waals surface area contributed by atoms with E-state index in [1.54, 1.807) is 11.3 Å². The van der Waals surface area contributed by atoms with Gasteiger partial charge in [0.1, 0.15) is 0 Å². The van der Waals surface area contributed by atoms with Crippen molar-refractivity contribution < 1.29 is 4.79 Å². The van der Waals surface area contributed by atoms with E-state index in [-0.39, 0.29) is 0 Å². The van der Waals surface area contributed by atoms with E-state index in [2.05, 4.69) is 23.7 Å². The molecule has 0 atom stereocenters. The van der Waals surface area contributed by atoms with Crippen molar-refractivity contribution in [1.29, 1.82) is 0 Å². The first kappa shape index (κ1) is 16.8. The smallest absolute Gasteiger partial charge is 0.222 e. The third-order valence-corrected chi connectivity index (χ3v) is 5.46. The molecule has 1 aromatic heterocycles. The van der Waals surface area contributed by atoms with Crippen LogP contribution in [-0.4, -0.2) is 28.9 Å². The standard InChI is InChI=1S/C16H25ClN2OS/c1-16(2)7-6-15(20)19(10-8-16)9-4-3-5-14-18-13(11-17)12-21-14/h12H,3-11H2,1-2H3. The summed E-state index contributed by atoms with van der Waals surface area (Å²) in [5.41, 5.74) is 1.28. The zero-order valence-electron chi connectivity index (χ0n) is 13.0. The van der Waals surface area contributed by atoms with Crippen LogP contribution in [0.3, 0.4) is 0 Å². The fourth-order valence-corrected chi connectivity index (χ4v) is 3.70. The Labute approximate surface area is 136 Å². The van der Waals surface area contributed by atoms with Gasteiger partial charge >= 0.3 is 0 Å². The Bertz CT molecular complexity index is 473. The van der Waals surface area contributed by atoms with E-state index in [1.807, 2.05) is 5.38 Å². The summed E-state index contributed by atoms with van der Waals surface area (Å²) in [4.78, 5) is 18.6. The molecular formula is C16H25ClN2OS. The predicted octanol–water partition coefficient (Wildman–Crippen LogP) is 4.24. The number of amides is 1. The second-order valence-electron chi connectivity index (χ2n) is 6.62. The Morgan fingerprint density at radius 1 is 1.38 bits per heavy atom. The number of rotatable bonds is 6. The van der Waals surface area contributed by atoms with Gasteiger partial charge in [-0.1, -0.05) is 13.8 Å². The van der Waals surface area contributed by atoms with Crippen molar-refractivity contribution in [1.82, 2.24) is 9.88 Å². The van der Waals surface area contributed by atoms with Crippen molar-refractivity contribution >= 4 is 28.8 Å². The second kappa shape index (κ2) is 7.59. The minimum Gasteiger partial charge on any atom is -0.343 e. The largest absolute Gasteiger partial charge is 0.343 e. The lowest BCUT2D eigenvalue weighted by molar-refractivity contribution is -0.130. The summed E-state index contributed by atoms with van der Waals surface area (Å²) in [6.07, 6.45) is 5.98. The number of carbonyl (C=O) groups is 1. The van der Waals surface area contributed by atoms with Crippen LogP contribution in [0.1, 0.15) is 56.7 Å². The average molecular weight is 329 g/mol. The fraction of sp³-hybridized carbons (Fsp3) is 0.750. The van der Waals surface area contributed by atoms with Crippen LogP contribution >= 0.6 is 22.9 Å². The molecule has 0 radical (unpaired) electrons. The molecule has 1 amide bonds. The molecule has 0 N–H and O–H groups in total. The summed E-state index contributed by atoms with van der Waals surface area (Å²) in [7, 11) is 0. The number of aromatic nitrogens is 1. The van der Waals surface area contributed by atoms with E-state index in [0.717, 1.165) is 55.9 Å². The molecule has 5 heteroatoms. The van der Waals surface area contributed by atoms with Crippen molar-refractivity contribution in [3.05, 3.63) is 16.1 Å². The quantitative estimate of drug-likeness (QED) is 0.578. The molecule has 2 rings (SSSR count). The van der Waals surface area contributed by atoms with Gasteiger partial charge in [-0.3, -0.25) is 4.79 Å². The lowest BCUT2D eigenvalue weighted by Crippen LogP contribution is -2.31. The fourth-order valence-electron chi connectivity index (χ4n) is 2.63. The van der Waals surface area contributed by atoms with Gasteiger partial charge in [0.15, 0.2) is 0 Å². The molecular weight excluding hydrogens is 304 g/mol. The number of unbranched alkanes of at least 4 members (excludes halogenated alkanes) is 1. The van der Waals surface area contributed by atoms with Gasteiger partial charge in [0.25, 0.3) is 0 Å². The second-order valence-corrected chi connectivity index (χ2v) is 7.83. The van der Waals surface area contributed by atoms with E-state index in [9.17, 15) is 4.79 Å². The van der Waals surface area contributed by atoms with Crippen LogP contribution < -0.4 is 0 Å². The highest BCUT2D eigenvalue weighted by atomic mass is 35.5. The molecule has 1 aliphatic rings. The lowest BCUT2D eigenvalue weighted by atomic mass is 9.85. The predicted molar refractivity (Wildman–Crippen MR) is 88.8 cm³/mol. The number of hydrogen-bond acceptors (Lipinski definition) is 3. The average Bonchev–Trinajstić information content (AvgIpc) is 2.87. The normalized spacial score (nSPS) is 18.8. The minimum absolute atomic E-state index is 0.309. The third-order valence-electron chi connectivity index (χ3n) is 4.23. The number of halogens is 1. The highest BCUT2D eigenvalue weighted by molar-refractivity contribution is 7.09. The highest BCUT2D eigenvalue weighted by Crippen LogP contribution is 2.30. The van der Waals surface area contributed by atoms with Crippen LogP contribution in [0.25, 0.3) is 0 Å². The van der Waals surface area contributed by atoms with E-state index < -0.39 is 0 Å². The first-order chi connectivity index (χ1) is 10.00. The van der Waals surface area contributed by atoms with Crippen LogP contribution in [0.5, 0.6) is 0 Å². The summed E-state index contributed by atoms with van der Waals surface area (Å²) >= 11 is 7.45.